The Morgan fingerprint density at radius 3 is 2.50 bits per heavy atom. The maximum absolute atomic E-state index is 11.0. The topological polar surface area (TPSA) is 52.3 Å². The summed E-state index contributed by atoms with van der Waals surface area (Å²) in [6.07, 6.45) is 1.43. The number of oxazole rings is 1. The monoisotopic (exact) mass is 217 g/mol. The number of carbonyl (C=O) groups is 1. The van der Waals surface area contributed by atoms with E-state index in [1.54, 1.807) is 7.11 Å². The number of hydrogen-bond acceptors (Lipinski definition) is 4. The number of nitrogens with zero attached hydrogens (tertiary/aromatic N) is 1. The van der Waals surface area contributed by atoms with Crippen LogP contribution < -0.4 is 4.74 Å². The average molecular weight is 217 g/mol. The van der Waals surface area contributed by atoms with E-state index in [4.69, 9.17) is 9.15 Å². The first-order valence-electron chi connectivity index (χ1n) is 4.82. The van der Waals surface area contributed by atoms with E-state index in [1.807, 2.05) is 24.3 Å². The predicted molar refractivity (Wildman–Crippen MR) is 58.5 cm³/mol. The molecule has 0 amide bonds. The van der Waals surface area contributed by atoms with E-state index < -0.39 is 0 Å². The van der Waals surface area contributed by atoms with Crippen LogP contribution in [0.5, 0.6) is 5.75 Å². The fourth-order valence-electron chi connectivity index (χ4n) is 1.30. The molecule has 1 aromatic heterocycles. The number of benzene rings is 1. The Morgan fingerprint density at radius 2 is 2.00 bits per heavy atom. The van der Waals surface area contributed by atoms with Crippen LogP contribution in [-0.4, -0.2) is 17.9 Å². The maximum Gasteiger partial charge on any atom is 0.226 e. The second-order valence-corrected chi connectivity index (χ2v) is 3.31. The summed E-state index contributed by atoms with van der Waals surface area (Å²) in [4.78, 5) is 15.1. The molecule has 82 valence electrons. The number of hydrogen-bond donors (Lipinski definition) is 0. The highest BCUT2D eigenvalue weighted by atomic mass is 16.5. The van der Waals surface area contributed by atoms with Crippen LogP contribution in [0.1, 0.15) is 17.5 Å². The molecule has 0 aliphatic heterocycles. The highest BCUT2D eigenvalue weighted by Gasteiger charge is 2.09. The molecule has 1 heterocycles. The standard InChI is InChI=1S/C12H11NO3/c1-8(14)11-7-13-12(16-11)9-3-5-10(15-2)6-4-9/h3-7H,1-2H3. The fraction of sp³-hybridized carbons (Fsp3) is 0.167. The summed E-state index contributed by atoms with van der Waals surface area (Å²) in [6.45, 7) is 1.44. The number of ether oxygens (including phenoxy) is 1. The van der Waals surface area contributed by atoms with Crippen LogP contribution in [0.4, 0.5) is 0 Å². The lowest BCUT2D eigenvalue weighted by molar-refractivity contribution is 0.0988. The van der Waals surface area contributed by atoms with Crippen molar-refractivity contribution in [2.75, 3.05) is 7.11 Å². The molecule has 4 heteroatoms. The quantitative estimate of drug-likeness (QED) is 0.741. The van der Waals surface area contributed by atoms with Crippen LogP contribution in [-0.2, 0) is 0 Å². The van der Waals surface area contributed by atoms with E-state index in [0.29, 0.717) is 5.89 Å². The van der Waals surface area contributed by atoms with Gasteiger partial charge in [0.1, 0.15) is 5.75 Å². The van der Waals surface area contributed by atoms with Gasteiger partial charge in [0.25, 0.3) is 0 Å². The third-order valence-electron chi connectivity index (χ3n) is 2.19. The zero-order valence-electron chi connectivity index (χ0n) is 9.06. The van der Waals surface area contributed by atoms with Crippen LogP contribution in [0.25, 0.3) is 11.5 Å². The van der Waals surface area contributed by atoms with Crippen molar-refractivity contribution < 1.29 is 13.9 Å². The molecule has 0 bridgehead atoms. The molecule has 2 aromatic rings. The molecule has 0 atom stereocenters. The van der Waals surface area contributed by atoms with Crippen LogP contribution in [0, 0.1) is 0 Å². The molecule has 0 radical (unpaired) electrons. The van der Waals surface area contributed by atoms with Crippen LogP contribution in [0.2, 0.25) is 0 Å². The summed E-state index contributed by atoms with van der Waals surface area (Å²) in [5, 5.41) is 0. The highest BCUT2D eigenvalue weighted by molar-refractivity contribution is 5.91. The van der Waals surface area contributed by atoms with Gasteiger partial charge in [0.05, 0.1) is 13.3 Å². The van der Waals surface area contributed by atoms with E-state index in [0.717, 1.165) is 11.3 Å². The first-order valence-corrected chi connectivity index (χ1v) is 4.82. The van der Waals surface area contributed by atoms with E-state index in [-0.39, 0.29) is 11.5 Å². The summed E-state index contributed by atoms with van der Waals surface area (Å²) in [5.41, 5.74) is 0.813. The average Bonchev–Trinajstić information content (AvgIpc) is 2.78. The first kappa shape index (κ1) is 10.4. The lowest BCUT2D eigenvalue weighted by Crippen LogP contribution is -1.86. The molecule has 0 unspecified atom stereocenters. The summed E-state index contributed by atoms with van der Waals surface area (Å²) < 4.78 is 10.3. The van der Waals surface area contributed by atoms with Gasteiger partial charge in [-0.1, -0.05) is 0 Å². The minimum atomic E-state index is -0.132. The zero-order valence-corrected chi connectivity index (χ0v) is 9.06. The van der Waals surface area contributed by atoms with Gasteiger partial charge in [-0.25, -0.2) is 4.98 Å². The molecule has 16 heavy (non-hydrogen) atoms. The Balaban J connectivity index is 2.31. The van der Waals surface area contributed by atoms with Crippen LogP contribution in [0.3, 0.4) is 0 Å². The Labute approximate surface area is 92.9 Å². The van der Waals surface area contributed by atoms with Crippen molar-refractivity contribution in [1.29, 1.82) is 0 Å². The second-order valence-electron chi connectivity index (χ2n) is 3.31. The van der Waals surface area contributed by atoms with E-state index >= 15 is 0 Å². The summed E-state index contributed by atoms with van der Waals surface area (Å²) in [7, 11) is 1.61. The van der Waals surface area contributed by atoms with Gasteiger partial charge in [-0.3, -0.25) is 4.79 Å². The maximum atomic E-state index is 11.0. The van der Waals surface area contributed by atoms with Crippen molar-refractivity contribution in [3.63, 3.8) is 0 Å². The van der Waals surface area contributed by atoms with Crippen molar-refractivity contribution in [3.05, 3.63) is 36.2 Å². The Hall–Kier alpha value is -2.10. The molecular weight excluding hydrogens is 206 g/mol. The third kappa shape index (κ3) is 1.95. The Bertz CT molecular complexity index is 499. The Morgan fingerprint density at radius 1 is 1.31 bits per heavy atom. The zero-order chi connectivity index (χ0) is 11.5. The number of ketones is 1. The number of rotatable bonds is 3. The largest absolute Gasteiger partial charge is 0.497 e. The number of aromatic nitrogens is 1. The number of methoxy groups -OCH3 is 1. The molecule has 0 aliphatic carbocycles. The van der Waals surface area contributed by atoms with Crippen molar-refractivity contribution in [1.82, 2.24) is 4.98 Å². The normalized spacial score (nSPS) is 10.1. The molecule has 0 aliphatic rings. The van der Waals surface area contributed by atoms with Gasteiger partial charge in [-0.05, 0) is 24.3 Å². The summed E-state index contributed by atoms with van der Waals surface area (Å²) in [6, 6.07) is 7.28. The molecule has 2 rings (SSSR count). The van der Waals surface area contributed by atoms with E-state index in [9.17, 15) is 4.79 Å². The van der Waals surface area contributed by atoms with Gasteiger partial charge in [0.2, 0.25) is 5.89 Å². The second kappa shape index (κ2) is 4.18. The van der Waals surface area contributed by atoms with Gasteiger partial charge in [0.15, 0.2) is 11.5 Å². The SMILES string of the molecule is COc1ccc(-c2ncc(C(C)=O)o2)cc1. The van der Waals surface area contributed by atoms with Crippen molar-refractivity contribution in [3.8, 4) is 17.2 Å². The first-order chi connectivity index (χ1) is 7.70. The molecule has 0 fully saturated rings. The Kier molecular flexibility index (Phi) is 2.72. The fourth-order valence-corrected chi connectivity index (χ4v) is 1.30. The van der Waals surface area contributed by atoms with Crippen molar-refractivity contribution in [2.24, 2.45) is 0 Å². The number of Topliss-reactive ketones (excluding diaryl/α,β-unsaturated/α-hetero) is 1. The van der Waals surface area contributed by atoms with Crippen molar-refractivity contribution >= 4 is 5.78 Å². The van der Waals surface area contributed by atoms with Gasteiger partial charge in [0, 0.05) is 12.5 Å². The van der Waals surface area contributed by atoms with Crippen LogP contribution >= 0.6 is 0 Å². The smallest absolute Gasteiger partial charge is 0.226 e. The molecule has 0 saturated heterocycles. The number of carbonyl (C=O) groups excluding carboxylic acids is 1. The molecule has 0 N–H and O–H groups in total. The highest BCUT2D eigenvalue weighted by Crippen LogP contribution is 2.22. The predicted octanol–water partition coefficient (Wildman–Crippen LogP) is 2.55. The van der Waals surface area contributed by atoms with E-state index in [2.05, 4.69) is 4.98 Å². The van der Waals surface area contributed by atoms with Gasteiger partial charge in [-0.2, -0.15) is 0 Å². The minimum absolute atomic E-state index is 0.132. The van der Waals surface area contributed by atoms with E-state index in [1.165, 1.54) is 13.1 Å². The van der Waals surface area contributed by atoms with Gasteiger partial charge >= 0.3 is 0 Å². The van der Waals surface area contributed by atoms with Crippen LogP contribution in [0.15, 0.2) is 34.9 Å². The summed E-state index contributed by atoms with van der Waals surface area (Å²) >= 11 is 0. The third-order valence-corrected chi connectivity index (χ3v) is 2.19. The van der Waals surface area contributed by atoms with Gasteiger partial charge in [-0.15, -0.1) is 0 Å². The molecular formula is C12H11NO3. The van der Waals surface area contributed by atoms with Crippen molar-refractivity contribution in [2.45, 2.75) is 6.92 Å². The molecule has 4 nitrogen and oxygen atoms in total. The lowest BCUT2D eigenvalue weighted by atomic mass is 10.2. The van der Waals surface area contributed by atoms with Gasteiger partial charge < -0.3 is 9.15 Å². The minimum Gasteiger partial charge on any atom is -0.497 e. The molecule has 0 saturated carbocycles. The summed E-state index contributed by atoms with van der Waals surface area (Å²) in [5.74, 6) is 1.34. The molecule has 1 aromatic carbocycles. The molecule has 0 spiro atoms. The lowest BCUT2D eigenvalue weighted by Gasteiger charge is -1.99.